The third kappa shape index (κ3) is 4.72. The third-order valence-electron chi connectivity index (χ3n) is 3.81. The van der Waals surface area contributed by atoms with Crippen molar-refractivity contribution in [1.29, 1.82) is 5.26 Å². The molecule has 1 rings (SSSR count). The van der Waals surface area contributed by atoms with Gasteiger partial charge in [0.2, 0.25) is 0 Å². The van der Waals surface area contributed by atoms with Crippen molar-refractivity contribution in [2.45, 2.75) is 59.5 Å². The van der Waals surface area contributed by atoms with Gasteiger partial charge in [0, 0.05) is 25.3 Å². The van der Waals surface area contributed by atoms with E-state index in [0.29, 0.717) is 6.04 Å². The lowest BCUT2D eigenvalue weighted by molar-refractivity contribution is 0.456. The maximum absolute atomic E-state index is 9.01. The van der Waals surface area contributed by atoms with Crippen LogP contribution < -0.4 is 5.32 Å². The Labute approximate surface area is 117 Å². The zero-order chi connectivity index (χ0) is 14.4. The van der Waals surface area contributed by atoms with Crippen LogP contribution in [0, 0.1) is 24.2 Å². The van der Waals surface area contributed by atoms with Crippen LogP contribution in [0.4, 0.5) is 0 Å². The van der Waals surface area contributed by atoms with Gasteiger partial charge in [-0.05, 0) is 37.8 Å². The fourth-order valence-corrected chi connectivity index (χ4v) is 2.27. The number of hydrogen-bond acceptors (Lipinski definition) is 2. The first-order valence-electron chi connectivity index (χ1n) is 7.24. The molecule has 0 saturated heterocycles. The second-order valence-corrected chi connectivity index (χ2v) is 5.92. The third-order valence-corrected chi connectivity index (χ3v) is 3.81. The zero-order valence-corrected chi connectivity index (χ0v) is 13.0. The van der Waals surface area contributed by atoms with Crippen LogP contribution in [-0.2, 0) is 13.6 Å². The summed E-state index contributed by atoms with van der Waals surface area (Å²) in [6.07, 6.45) is 3.80. The molecule has 0 aliphatic heterocycles. The van der Waals surface area contributed by atoms with E-state index in [1.807, 2.05) is 17.7 Å². The minimum absolute atomic E-state index is 0.531. The van der Waals surface area contributed by atoms with Gasteiger partial charge >= 0.3 is 0 Å². The molecule has 0 spiro atoms. The van der Waals surface area contributed by atoms with E-state index in [9.17, 15) is 0 Å². The molecule has 1 aromatic rings. The standard InChI is InChI=1S/C16H27N3/c1-12(2)7-6-8-13(3)18-11-15-9-16(10-17)19(5)14(15)4/h9,12-13,18H,6-8,11H2,1-5H3. The molecular formula is C16H27N3. The lowest BCUT2D eigenvalue weighted by atomic mass is 10.0. The van der Waals surface area contributed by atoms with Gasteiger partial charge in [-0.3, -0.25) is 0 Å². The van der Waals surface area contributed by atoms with Crippen molar-refractivity contribution in [3.05, 3.63) is 23.0 Å². The summed E-state index contributed by atoms with van der Waals surface area (Å²) < 4.78 is 1.96. The lowest BCUT2D eigenvalue weighted by Gasteiger charge is -2.14. The molecule has 1 aromatic heterocycles. The normalized spacial score (nSPS) is 12.7. The van der Waals surface area contributed by atoms with Crippen LogP contribution in [0.1, 0.15) is 57.0 Å². The van der Waals surface area contributed by atoms with E-state index < -0.39 is 0 Å². The molecule has 0 fully saturated rings. The van der Waals surface area contributed by atoms with E-state index in [4.69, 9.17) is 5.26 Å². The first-order chi connectivity index (χ1) is 8.95. The molecule has 0 saturated carbocycles. The monoisotopic (exact) mass is 261 g/mol. The van der Waals surface area contributed by atoms with Crippen molar-refractivity contribution in [3.8, 4) is 6.07 Å². The molecule has 3 nitrogen and oxygen atoms in total. The summed E-state index contributed by atoms with van der Waals surface area (Å²) in [5.41, 5.74) is 3.15. The Morgan fingerprint density at radius 1 is 1.32 bits per heavy atom. The molecule has 1 N–H and O–H groups in total. The van der Waals surface area contributed by atoms with E-state index in [-0.39, 0.29) is 0 Å². The number of nitrogens with zero attached hydrogens (tertiary/aromatic N) is 2. The quantitative estimate of drug-likeness (QED) is 0.816. The topological polar surface area (TPSA) is 40.8 Å². The Hall–Kier alpha value is -1.27. The van der Waals surface area contributed by atoms with Gasteiger partial charge in [-0.2, -0.15) is 5.26 Å². The molecular weight excluding hydrogens is 234 g/mol. The largest absolute Gasteiger partial charge is 0.340 e. The van der Waals surface area contributed by atoms with Gasteiger partial charge in [0.05, 0.1) is 0 Å². The number of nitrogens with one attached hydrogen (secondary N) is 1. The van der Waals surface area contributed by atoms with Gasteiger partial charge in [0.15, 0.2) is 0 Å². The number of hydrogen-bond donors (Lipinski definition) is 1. The van der Waals surface area contributed by atoms with Crippen LogP contribution >= 0.6 is 0 Å². The Morgan fingerprint density at radius 3 is 2.53 bits per heavy atom. The average molecular weight is 261 g/mol. The number of aromatic nitrogens is 1. The SMILES string of the molecule is Cc1c(CNC(C)CCCC(C)C)cc(C#N)n1C. The molecule has 0 aliphatic carbocycles. The highest BCUT2D eigenvalue weighted by Crippen LogP contribution is 2.14. The van der Waals surface area contributed by atoms with Crippen molar-refractivity contribution in [2.24, 2.45) is 13.0 Å². The summed E-state index contributed by atoms with van der Waals surface area (Å²) in [4.78, 5) is 0. The van der Waals surface area contributed by atoms with Gasteiger partial charge in [-0.25, -0.2) is 0 Å². The van der Waals surface area contributed by atoms with Gasteiger partial charge in [0.25, 0.3) is 0 Å². The van der Waals surface area contributed by atoms with Crippen molar-refractivity contribution in [1.82, 2.24) is 9.88 Å². The first-order valence-corrected chi connectivity index (χ1v) is 7.24. The van der Waals surface area contributed by atoms with Crippen LogP contribution in [0.3, 0.4) is 0 Å². The van der Waals surface area contributed by atoms with Crippen LogP contribution in [-0.4, -0.2) is 10.6 Å². The van der Waals surface area contributed by atoms with Crippen molar-refractivity contribution >= 4 is 0 Å². The second-order valence-electron chi connectivity index (χ2n) is 5.92. The zero-order valence-electron chi connectivity index (χ0n) is 13.0. The average Bonchev–Trinajstić information content (AvgIpc) is 2.63. The Balaban J connectivity index is 2.42. The van der Waals surface area contributed by atoms with E-state index in [1.54, 1.807) is 0 Å². The highest BCUT2D eigenvalue weighted by Gasteiger charge is 2.09. The highest BCUT2D eigenvalue weighted by atomic mass is 15.0. The summed E-state index contributed by atoms with van der Waals surface area (Å²) in [7, 11) is 1.95. The molecule has 1 heterocycles. The maximum Gasteiger partial charge on any atom is 0.120 e. The van der Waals surface area contributed by atoms with E-state index in [2.05, 4.69) is 39.1 Å². The van der Waals surface area contributed by atoms with E-state index >= 15 is 0 Å². The molecule has 1 atom stereocenters. The van der Waals surface area contributed by atoms with Gasteiger partial charge < -0.3 is 9.88 Å². The minimum Gasteiger partial charge on any atom is -0.340 e. The molecule has 0 amide bonds. The summed E-state index contributed by atoms with van der Waals surface area (Å²) in [6.45, 7) is 9.71. The summed E-state index contributed by atoms with van der Waals surface area (Å²) in [5.74, 6) is 0.793. The Morgan fingerprint density at radius 2 is 2.00 bits per heavy atom. The number of rotatable bonds is 7. The van der Waals surface area contributed by atoms with E-state index in [0.717, 1.165) is 18.2 Å². The van der Waals surface area contributed by atoms with Gasteiger partial charge in [0.1, 0.15) is 11.8 Å². The van der Waals surface area contributed by atoms with Crippen LogP contribution in [0.5, 0.6) is 0 Å². The van der Waals surface area contributed by atoms with Crippen LogP contribution in [0.25, 0.3) is 0 Å². The molecule has 3 heteroatoms. The maximum atomic E-state index is 9.01. The molecule has 19 heavy (non-hydrogen) atoms. The smallest absolute Gasteiger partial charge is 0.120 e. The number of nitriles is 1. The molecule has 0 aliphatic rings. The summed E-state index contributed by atoms with van der Waals surface area (Å²) in [5, 5.41) is 12.6. The van der Waals surface area contributed by atoms with Crippen molar-refractivity contribution in [3.63, 3.8) is 0 Å². The predicted octanol–water partition coefficient (Wildman–Crippen LogP) is 3.51. The second kappa shape index (κ2) is 7.35. The summed E-state index contributed by atoms with van der Waals surface area (Å²) in [6, 6.07) is 4.75. The molecule has 0 aromatic carbocycles. The van der Waals surface area contributed by atoms with E-state index in [1.165, 1.54) is 30.5 Å². The highest BCUT2D eigenvalue weighted by molar-refractivity contribution is 5.34. The minimum atomic E-state index is 0.531. The fraction of sp³-hybridized carbons (Fsp3) is 0.688. The van der Waals surface area contributed by atoms with Gasteiger partial charge in [-0.15, -0.1) is 0 Å². The molecule has 1 unspecified atom stereocenters. The molecule has 106 valence electrons. The molecule has 0 bridgehead atoms. The predicted molar refractivity (Wildman–Crippen MR) is 79.9 cm³/mol. The van der Waals surface area contributed by atoms with Crippen LogP contribution in [0.15, 0.2) is 6.07 Å². The van der Waals surface area contributed by atoms with Crippen LogP contribution in [0.2, 0.25) is 0 Å². The Kier molecular flexibility index (Phi) is 6.11. The lowest BCUT2D eigenvalue weighted by Crippen LogP contribution is -2.25. The summed E-state index contributed by atoms with van der Waals surface area (Å²) >= 11 is 0. The molecule has 0 radical (unpaired) electrons. The first kappa shape index (κ1) is 15.8. The van der Waals surface area contributed by atoms with Gasteiger partial charge in [-0.1, -0.05) is 26.7 Å². The van der Waals surface area contributed by atoms with Crippen molar-refractivity contribution < 1.29 is 0 Å². The van der Waals surface area contributed by atoms with Crippen molar-refractivity contribution in [2.75, 3.05) is 0 Å². The Bertz CT molecular complexity index is 438. The fourth-order valence-electron chi connectivity index (χ4n) is 2.27.